The molecule has 2 aromatic rings. The van der Waals surface area contributed by atoms with Gasteiger partial charge in [-0.2, -0.15) is 22.7 Å². The smallest absolute Gasteiger partial charge is 0.394 e. The molecule has 0 amide bonds. The van der Waals surface area contributed by atoms with Gasteiger partial charge in [0, 0.05) is 24.8 Å². The first kappa shape index (κ1) is 16.9. The van der Waals surface area contributed by atoms with Gasteiger partial charge in [0.25, 0.3) is 11.6 Å². The standard InChI is InChI=1S/C14H18F3N5O2/c1-9-7-11(21-4-2-3-10(8-21)24-6-5-23)22-13(18-9)19-12(20-22)14(15,16)17/h7,10,23H,2-6,8H2,1H3. The lowest BCUT2D eigenvalue weighted by atomic mass is 10.1. The minimum Gasteiger partial charge on any atom is -0.394 e. The Balaban J connectivity index is 1.94. The third-order valence-electron chi connectivity index (χ3n) is 3.82. The van der Waals surface area contributed by atoms with Crippen molar-refractivity contribution >= 4 is 11.6 Å². The summed E-state index contributed by atoms with van der Waals surface area (Å²) in [5.41, 5.74) is 0.567. The fourth-order valence-corrected chi connectivity index (χ4v) is 2.81. The minimum absolute atomic E-state index is 0.0624. The van der Waals surface area contributed by atoms with Gasteiger partial charge in [-0.05, 0) is 19.8 Å². The Bertz CT molecular complexity index is 718. The third kappa shape index (κ3) is 3.44. The number of hydrogen-bond acceptors (Lipinski definition) is 6. The maximum Gasteiger partial charge on any atom is 0.453 e. The van der Waals surface area contributed by atoms with Crippen molar-refractivity contribution in [1.82, 2.24) is 19.6 Å². The van der Waals surface area contributed by atoms with Crippen LogP contribution in [0.15, 0.2) is 6.07 Å². The highest BCUT2D eigenvalue weighted by atomic mass is 19.4. The molecule has 1 atom stereocenters. The molecule has 24 heavy (non-hydrogen) atoms. The van der Waals surface area contributed by atoms with Crippen LogP contribution in [0, 0.1) is 6.92 Å². The molecule has 132 valence electrons. The molecule has 2 aromatic heterocycles. The van der Waals surface area contributed by atoms with Crippen molar-refractivity contribution in [3.05, 3.63) is 17.6 Å². The molecule has 1 saturated heterocycles. The molecule has 0 radical (unpaired) electrons. The van der Waals surface area contributed by atoms with Gasteiger partial charge >= 0.3 is 6.18 Å². The highest BCUT2D eigenvalue weighted by molar-refractivity contribution is 5.48. The first-order valence-corrected chi connectivity index (χ1v) is 7.67. The largest absolute Gasteiger partial charge is 0.453 e. The number of piperidine rings is 1. The van der Waals surface area contributed by atoms with Crippen molar-refractivity contribution < 1.29 is 23.0 Å². The van der Waals surface area contributed by atoms with Crippen LogP contribution in [-0.2, 0) is 10.9 Å². The van der Waals surface area contributed by atoms with Crippen molar-refractivity contribution in [2.24, 2.45) is 0 Å². The van der Waals surface area contributed by atoms with Crippen molar-refractivity contribution in [3.63, 3.8) is 0 Å². The summed E-state index contributed by atoms with van der Waals surface area (Å²) < 4.78 is 45.3. The number of alkyl halides is 3. The van der Waals surface area contributed by atoms with Crippen LogP contribution < -0.4 is 4.90 Å². The zero-order valence-electron chi connectivity index (χ0n) is 13.1. The van der Waals surface area contributed by atoms with Crippen LogP contribution in [0.4, 0.5) is 19.0 Å². The summed E-state index contributed by atoms with van der Waals surface area (Å²) in [5, 5.41) is 12.4. The van der Waals surface area contributed by atoms with Gasteiger partial charge in [-0.15, -0.1) is 5.10 Å². The summed E-state index contributed by atoms with van der Waals surface area (Å²) in [6.45, 7) is 3.08. The number of nitrogens with zero attached hydrogens (tertiary/aromatic N) is 5. The van der Waals surface area contributed by atoms with Gasteiger partial charge in [0.05, 0.1) is 19.3 Å². The Morgan fingerprint density at radius 2 is 2.17 bits per heavy atom. The van der Waals surface area contributed by atoms with E-state index >= 15 is 0 Å². The van der Waals surface area contributed by atoms with Gasteiger partial charge in [0.1, 0.15) is 5.82 Å². The van der Waals surface area contributed by atoms with Crippen LogP contribution in [0.25, 0.3) is 5.78 Å². The van der Waals surface area contributed by atoms with Crippen molar-refractivity contribution in [3.8, 4) is 0 Å². The lowest BCUT2D eigenvalue weighted by Gasteiger charge is -2.34. The van der Waals surface area contributed by atoms with E-state index in [4.69, 9.17) is 9.84 Å². The number of fused-ring (bicyclic) bond motifs is 1. The molecule has 0 spiro atoms. The summed E-state index contributed by atoms with van der Waals surface area (Å²) in [6, 6.07) is 1.69. The van der Waals surface area contributed by atoms with Crippen LogP contribution in [0.3, 0.4) is 0 Å². The van der Waals surface area contributed by atoms with Gasteiger partial charge in [-0.25, -0.2) is 4.98 Å². The summed E-state index contributed by atoms with van der Waals surface area (Å²) in [6.07, 6.45) is -3.03. The number of halogens is 3. The van der Waals surface area contributed by atoms with E-state index in [2.05, 4.69) is 15.1 Å². The summed E-state index contributed by atoms with van der Waals surface area (Å²) in [4.78, 5) is 9.44. The molecule has 7 nitrogen and oxygen atoms in total. The first-order valence-electron chi connectivity index (χ1n) is 7.67. The second-order valence-electron chi connectivity index (χ2n) is 5.71. The van der Waals surface area contributed by atoms with Crippen LogP contribution in [0.2, 0.25) is 0 Å². The van der Waals surface area contributed by atoms with Crippen LogP contribution in [0.5, 0.6) is 0 Å². The van der Waals surface area contributed by atoms with E-state index in [1.165, 1.54) is 0 Å². The topological polar surface area (TPSA) is 75.8 Å². The molecule has 10 heteroatoms. The number of rotatable bonds is 4. The fraction of sp³-hybridized carbons (Fsp3) is 0.643. The van der Waals surface area contributed by atoms with Gasteiger partial charge in [0.2, 0.25) is 0 Å². The first-order chi connectivity index (χ1) is 11.4. The molecule has 0 bridgehead atoms. The Morgan fingerprint density at radius 3 is 2.88 bits per heavy atom. The van der Waals surface area contributed by atoms with Gasteiger partial charge in [0.15, 0.2) is 0 Å². The molecule has 3 heterocycles. The fourth-order valence-electron chi connectivity index (χ4n) is 2.81. The summed E-state index contributed by atoms with van der Waals surface area (Å²) in [7, 11) is 0. The predicted octanol–water partition coefficient (Wildman–Crippen LogP) is 1.43. The second-order valence-corrected chi connectivity index (χ2v) is 5.71. The van der Waals surface area contributed by atoms with E-state index in [0.717, 1.165) is 17.4 Å². The molecule has 0 aromatic carbocycles. The molecule has 1 aliphatic rings. The van der Waals surface area contributed by atoms with Crippen molar-refractivity contribution in [2.75, 3.05) is 31.2 Å². The van der Waals surface area contributed by atoms with E-state index in [0.29, 0.717) is 24.6 Å². The van der Waals surface area contributed by atoms with Crippen LogP contribution in [0.1, 0.15) is 24.4 Å². The second kappa shape index (κ2) is 6.52. The van der Waals surface area contributed by atoms with E-state index < -0.39 is 12.0 Å². The van der Waals surface area contributed by atoms with Gasteiger partial charge in [-0.3, -0.25) is 0 Å². The monoisotopic (exact) mass is 345 g/mol. The maximum absolute atomic E-state index is 12.9. The predicted molar refractivity (Wildman–Crippen MR) is 78.8 cm³/mol. The van der Waals surface area contributed by atoms with E-state index in [9.17, 15) is 13.2 Å². The zero-order chi connectivity index (χ0) is 17.3. The average Bonchev–Trinajstić information content (AvgIpc) is 2.96. The van der Waals surface area contributed by atoms with Crippen molar-refractivity contribution in [1.29, 1.82) is 0 Å². The number of aryl methyl sites for hydroxylation is 1. The minimum atomic E-state index is -4.62. The number of ether oxygens (including phenoxy) is 1. The Hall–Kier alpha value is -1.94. The lowest BCUT2D eigenvalue weighted by molar-refractivity contribution is -0.144. The molecule has 1 aliphatic heterocycles. The number of aromatic nitrogens is 4. The summed E-state index contributed by atoms with van der Waals surface area (Å²) in [5.74, 6) is -0.763. The molecular weight excluding hydrogens is 327 g/mol. The lowest BCUT2D eigenvalue weighted by Crippen LogP contribution is -2.41. The maximum atomic E-state index is 12.9. The molecule has 1 fully saturated rings. The molecule has 3 rings (SSSR count). The average molecular weight is 345 g/mol. The molecular formula is C14H18F3N5O2. The van der Waals surface area contributed by atoms with Crippen molar-refractivity contribution in [2.45, 2.75) is 32.0 Å². The Kier molecular flexibility index (Phi) is 4.59. The SMILES string of the molecule is Cc1cc(N2CCCC(OCCO)C2)n2nc(C(F)(F)F)nc2n1. The number of aliphatic hydroxyl groups is 1. The van der Waals surface area contributed by atoms with E-state index in [1.54, 1.807) is 13.0 Å². The van der Waals surface area contributed by atoms with Crippen LogP contribution >= 0.6 is 0 Å². The molecule has 0 aliphatic carbocycles. The Labute approximate surface area is 136 Å². The number of hydrogen-bond donors (Lipinski definition) is 1. The zero-order valence-corrected chi connectivity index (χ0v) is 13.1. The van der Waals surface area contributed by atoms with Gasteiger partial charge < -0.3 is 14.7 Å². The molecule has 1 unspecified atom stereocenters. The summed E-state index contributed by atoms with van der Waals surface area (Å²) >= 11 is 0. The molecule has 1 N–H and O–H groups in total. The highest BCUT2D eigenvalue weighted by Crippen LogP contribution is 2.28. The van der Waals surface area contributed by atoms with Crippen LogP contribution in [-0.4, -0.2) is 57.1 Å². The van der Waals surface area contributed by atoms with E-state index in [1.807, 2.05) is 4.90 Å². The van der Waals surface area contributed by atoms with Gasteiger partial charge in [-0.1, -0.05) is 0 Å². The number of aliphatic hydroxyl groups excluding tert-OH is 1. The molecule has 0 saturated carbocycles. The quantitative estimate of drug-likeness (QED) is 0.903. The third-order valence-corrected chi connectivity index (χ3v) is 3.82. The highest BCUT2D eigenvalue weighted by Gasteiger charge is 2.37. The number of anilines is 1. The normalized spacial score (nSPS) is 19.2. The Morgan fingerprint density at radius 1 is 1.38 bits per heavy atom. The van der Waals surface area contributed by atoms with E-state index in [-0.39, 0.29) is 25.1 Å².